The fourth-order valence-electron chi connectivity index (χ4n) is 2.69. The van der Waals surface area contributed by atoms with Crippen molar-refractivity contribution < 1.29 is 4.74 Å². The minimum atomic E-state index is 0.318. The van der Waals surface area contributed by atoms with Gasteiger partial charge in [0.05, 0.1) is 6.61 Å². The van der Waals surface area contributed by atoms with Crippen molar-refractivity contribution in [3.63, 3.8) is 0 Å². The molecule has 2 rings (SSSR count). The summed E-state index contributed by atoms with van der Waals surface area (Å²) in [6, 6.07) is 2.03. The average Bonchev–Trinajstić information content (AvgIpc) is 2.32. The zero-order valence-electron chi connectivity index (χ0n) is 12.3. The van der Waals surface area contributed by atoms with Crippen molar-refractivity contribution >= 4 is 5.82 Å². The molecule has 1 aliphatic carbocycles. The van der Waals surface area contributed by atoms with Gasteiger partial charge < -0.3 is 10.1 Å². The number of ether oxygens (including phenoxy) is 1. The fourth-order valence-corrected chi connectivity index (χ4v) is 2.69. The molecular formula is C15H25N3O. The second kappa shape index (κ2) is 6.33. The molecule has 0 aromatic carbocycles. The van der Waals surface area contributed by atoms with Crippen LogP contribution in [-0.4, -0.2) is 30.2 Å². The summed E-state index contributed by atoms with van der Waals surface area (Å²) in [7, 11) is 1.79. The first-order chi connectivity index (χ1) is 9.17. The monoisotopic (exact) mass is 263 g/mol. The lowest BCUT2D eigenvalue weighted by atomic mass is 9.69. The normalized spacial score (nSPS) is 17.0. The summed E-state index contributed by atoms with van der Waals surface area (Å²) >= 11 is 0. The number of aromatic nitrogens is 2. The molecule has 1 aromatic rings. The van der Waals surface area contributed by atoms with Gasteiger partial charge >= 0.3 is 0 Å². The van der Waals surface area contributed by atoms with Gasteiger partial charge in [-0.25, -0.2) is 9.97 Å². The van der Waals surface area contributed by atoms with Crippen molar-refractivity contribution in [1.29, 1.82) is 0 Å². The molecule has 1 aliphatic rings. The number of hydrogen-bond donors (Lipinski definition) is 1. The Bertz CT molecular complexity index is 416. The zero-order valence-corrected chi connectivity index (χ0v) is 12.3. The lowest BCUT2D eigenvalue weighted by molar-refractivity contribution is 0.0282. The van der Waals surface area contributed by atoms with Crippen molar-refractivity contribution in [1.82, 2.24) is 9.97 Å². The maximum atomic E-state index is 5.35. The molecule has 1 N–H and O–H groups in total. The summed E-state index contributed by atoms with van der Waals surface area (Å²) in [4.78, 5) is 9.04. The van der Waals surface area contributed by atoms with Crippen LogP contribution >= 0.6 is 0 Å². The number of methoxy groups -OCH3 is 1. The van der Waals surface area contributed by atoms with E-state index < -0.39 is 0 Å². The predicted molar refractivity (Wildman–Crippen MR) is 77.4 cm³/mol. The Morgan fingerprint density at radius 2 is 2.16 bits per heavy atom. The smallest absolute Gasteiger partial charge is 0.130 e. The Balaban J connectivity index is 1.98. The van der Waals surface area contributed by atoms with Crippen LogP contribution in [0.4, 0.5) is 5.82 Å². The van der Waals surface area contributed by atoms with E-state index in [-0.39, 0.29) is 0 Å². The van der Waals surface area contributed by atoms with Crippen LogP contribution in [-0.2, 0) is 11.2 Å². The molecule has 106 valence electrons. The molecule has 4 nitrogen and oxygen atoms in total. The fraction of sp³-hybridized carbons (Fsp3) is 0.733. The molecule has 4 heteroatoms. The first-order valence-corrected chi connectivity index (χ1v) is 7.25. The number of anilines is 1. The first-order valence-electron chi connectivity index (χ1n) is 7.25. The highest BCUT2D eigenvalue weighted by atomic mass is 16.5. The van der Waals surface area contributed by atoms with Crippen LogP contribution in [0.5, 0.6) is 0 Å². The van der Waals surface area contributed by atoms with E-state index >= 15 is 0 Å². The van der Waals surface area contributed by atoms with E-state index in [1.165, 1.54) is 19.3 Å². The van der Waals surface area contributed by atoms with Gasteiger partial charge in [-0.1, -0.05) is 13.3 Å². The summed E-state index contributed by atoms with van der Waals surface area (Å²) in [6.07, 6.45) is 5.84. The average molecular weight is 263 g/mol. The van der Waals surface area contributed by atoms with Crippen molar-refractivity contribution in [2.75, 3.05) is 25.6 Å². The highest BCUT2D eigenvalue weighted by Gasteiger charge is 2.36. The summed E-state index contributed by atoms with van der Waals surface area (Å²) in [5.74, 6) is 1.90. The summed E-state index contributed by atoms with van der Waals surface area (Å²) < 4.78 is 5.35. The standard InChI is InChI=1S/C15H25N3O/c1-4-6-13-17-12(2)9-14(18-13)16-10-15(11-19-3)7-5-8-15/h9H,4-8,10-11H2,1-3H3,(H,16,17,18). The summed E-state index contributed by atoms with van der Waals surface area (Å²) in [5.41, 5.74) is 1.36. The Morgan fingerprint density at radius 3 is 2.74 bits per heavy atom. The molecule has 0 saturated heterocycles. The third-order valence-electron chi connectivity index (χ3n) is 3.88. The Labute approximate surface area is 116 Å². The number of hydrogen-bond acceptors (Lipinski definition) is 4. The Hall–Kier alpha value is -1.16. The van der Waals surface area contributed by atoms with Crippen LogP contribution in [0.15, 0.2) is 6.07 Å². The van der Waals surface area contributed by atoms with Crippen LogP contribution in [0.2, 0.25) is 0 Å². The second-order valence-corrected chi connectivity index (χ2v) is 5.70. The van der Waals surface area contributed by atoms with E-state index in [0.717, 1.165) is 43.3 Å². The molecule has 19 heavy (non-hydrogen) atoms. The second-order valence-electron chi connectivity index (χ2n) is 5.70. The quantitative estimate of drug-likeness (QED) is 0.821. The number of aryl methyl sites for hydroxylation is 2. The third-order valence-corrected chi connectivity index (χ3v) is 3.88. The van der Waals surface area contributed by atoms with Gasteiger partial charge in [0.15, 0.2) is 0 Å². The molecule has 0 bridgehead atoms. The first kappa shape index (κ1) is 14.3. The van der Waals surface area contributed by atoms with Crippen LogP contribution in [0.25, 0.3) is 0 Å². The van der Waals surface area contributed by atoms with E-state index in [2.05, 4.69) is 22.2 Å². The minimum absolute atomic E-state index is 0.318. The van der Waals surface area contributed by atoms with Gasteiger partial charge in [-0.3, -0.25) is 0 Å². The van der Waals surface area contributed by atoms with Crippen molar-refractivity contribution in [3.8, 4) is 0 Å². The van der Waals surface area contributed by atoms with Gasteiger partial charge in [-0.15, -0.1) is 0 Å². The van der Waals surface area contributed by atoms with Gasteiger partial charge in [0.2, 0.25) is 0 Å². The van der Waals surface area contributed by atoms with Crippen molar-refractivity contribution in [2.24, 2.45) is 5.41 Å². The molecule has 0 aliphatic heterocycles. The Morgan fingerprint density at radius 1 is 1.37 bits per heavy atom. The van der Waals surface area contributed by atoms with E-state index in [0.29, 0.717) is 5.41 Å². The van der Waals surface area contributed by atoms with Crippen molar-refractivity contribution in [2.45, 2.75) is 46.0 Å². The van der Waals surface area contributed by atoms with E-state index in [1.54, 1.807) is 7.11 Å². The van der Waals surface area contributed by atoms with Crippen LogP contribution in [0.1, 0.15) is 44.1 Å². The van der Waals surface area contributed by atoms with Crippen LogP contribution < -0.4 is 5.32 Å². The summed E-state index contributed by atoms with van der Waals surface area (Å²) in [6.45, 7) is 5.97. The summed E-state index contributed by atoms with van der Waals surface area (Å²) in [5, 5.41) is 3.48. The van der Waals surface area contributed by atoms with Crippen LogP contribution in [0.3, 0.4) is 0 Å². The lowest BCUT2D eigenvalue weighted by Crippen LogP contribution is -2.40. The molecule has 0 amide bonds. The molecule has 0 unspecified atom stereocenters. The predicted octanol–water partition coefficient (Wildman–Crippen LogP) is 2.97. The minimum Gasteiger partial charge on any atom is -0.384 e. The molecule has 0 radical (unpaired) electrons. The van der Waals surface area contributed by atoms with Gasteiger partial charge in [0.1, 0.15) is 11.6 Å². The Kier molecular flexibility index (Phi) is 4.75. The van der Waals surface area contributed by atoms with Gasteiger partial charge in [0.25, 0.3) is 0 Å². The van der Waals surface area contributed by atoms with E-state index in [9.17, 15) is 0 Å². The third kappa shape index (κ3) is 3.66. The topological polar surface area (TPSA) is 47.0 Å². The molecular weight excluding hydrogens is 238 g/mol. The molecule has 1 heterocycles. The number of nitrogens with one attached hydrogen (secondary N) is 1. The molecule has 0 spiro atoms. The number of nitrogens with zero attached hydrogens (tertiary/aromatic N) is 2. The molecule has 1 fully saturated rings. The van der Waals surface area contributed by atoms with Gasteiger partial charge in [-0.2, -0.15) is 0 Å². The molecule has 1 saturated carbocycles. The molecule has 1 aromatic heterocycles. The largest absolute Gasteiger partial charge is 0.384 e. The highest BCUT2D eigenvalue weighted by molar-refractivity contribution is 5.36. The zero-order chi connectivity index (χ0) is 13.7. The van der Waals surface area contributed by atoms with Crippen LogP contribution in [0, 0.1) is 12.3 Å². The van der Waals surface area contributed by atoms with E-state index in [4.69, 9.17) is 4.74 Å². The maximum absolute atomic E-state index is 5.35. The maximum Gasteiger partial charge on any atom is 0.130 e. The van der Waals surface area contributed by atoms with Crippen molar-refractivity contribution in [3.05, 3.63) is 17.6 Å². The van der Waals surface area contributed by atoms with Gasteiger partial charge in [-0.05, 0) is 26.2 Å². The van der Waals surface area contributed by atoms with Gasteiger partial charge in [0, 0.05) is 37.3 Å². The molecule has 0 atom stereocenters. The number of rotatable bonds is 7. The highest BCUT2D eigenvalue weighted by Crippen LogP contribution is 2.41. The SMILES string of the molecule is CCCc1nc(C)cc(NCC2(COC)CCC2)n1. The van der Waals surface area contributed by atoms with E-state index in [1.807, 2.05) is 13.0 Å². The lowest BCUT2D eigenvalue weighted by Gasteiger charge is -2.41.